The summed E-state index contributed by atoms with van der Waals surface area (Å²) in [6.07, 6.45) is 1.89. The first-order valence-electron chi connectivity index (χ1n) is 6.37. The molecule has 1 unspecified atom stereocenters. The predicted molar refractivity (Wildman–Crippen MR) is 68.3 cm³/mol. The van der Waals surface area contributed by atoms with Crippen molar-refractivity contribution in [2.45, 2.75) is 25.2 Å². The molecule has 2 aromatic carbocycles. The van der Waals surface area contributed by atoms with Crippen molar-refractivity contribution in [1.29, 1.82) is 0 Å². The quantitative estimate of drug-likeness (QED) is 0.700. The first-order valence-corrected chi connectivity index (χ1v) is 6.37. The van der Waals surface area contributed by atoms with Crippen LogP contribution in [0.4, 0.5) is 0 Å². The van der Waals surface area contributed by atoms with Gasteiger partial charge in [0.2, 0.25) is 5.79 Å². The molecule has 90 valence electrons. The number of hydrogen-bond donors (Lipinski definition) is 0. The number of para-hydroxylation sites is 1. The normalized spacial score (nSPS) is 24.4. The zero-order chi connectivity index (χ0) is 12.0. The Bertz CT molecular complexity index is 606. The Morgan fingerprint density at radius 2 is 1.67 bits per heavy atom. The Balaban J connectivity index is 1.81. The number of fused-ring (bicyclic) bond motifs is 3. The minimum Gasteiger partial charge on any atom is -0.458 e. The van der Waals surface area contributed by atoms with Gasteiger partial charge in [-0.1, -0.05) is 42.5 Å². The van der Waals surface area contributed by atoms with E-state index in [2.05, 4.69) is 36.4 Å². The van der Waals surface area contributed by atoms with Crippen LogP contribution in [-0.2, 0) is 23.6 Å². The van der Waals surface area contributed by atoms with Crippen molar-refractivity contribution in [3.8, 4) is 5.75 Å². The van der Waals surface area contributed by atoms with Crippen LogP contribution < -0.4 is 4.74 Å². The minimum atomic E-state index is -0.551. The molecule has 2 aliphatic rings. The Hall–Kier alpha value is -1.80. The second-order valence-electron chi connectivity index (χ2n) is 4.91. The number of aryl methyl sites for hydroxylation is 1. The molecule has 2 nitrogen and oxygen atoms in total. The van der Waals surface area contributed by atoms with E-state index in [1.807, 2.05) is 12.1 Å². The van der Waals surface area contributed by atoms with Crippen LogP contribution in [0.15, 0.2) is 48.5 Å². The maximum atomic E-state index is 6.18. The van der Waals surface area contributed by atoms with Gasteiger partial charge in [0.25, 0.3) is 0 Å². The molecule has 0 bridgehead atoms. The Morgan fingerprint density at radius 1 is 0.889 bits per heavy atom. The van der Waals surface area contributed by atoms with Crippen LogP contribution in [0.2, 0.25) is 0 Å². The van der Waals surface area contributed by atoms with Crippen LogP contribution in [0.3, 0.4) is 0 Å². The molecule has 1 spiro atoms. The molecule has 2 aromatic rings. The fourth-order valence-electron chi connectivity index (χ4n) is 2.92. The molecular formula is C16H14O2. The number of hydrogen-bond acceptors (Lipinski definition) is 2. The van der Waals surface area contributed by atoms with Gasteiger partial charge in [-0.05, 0) is 23.6 Å². The SMILES string of the molecule is c1ccc2c(c1)CCC1(OCc3ccccc31)O2. The van der Waals surface area contributed by atoms with Crippen LogP contribution in [-0.4, -0.2) is 0 Å². The van der Waals surface area contributed by atoms with E-state index < -0.39 is 5.79 Å². The van der Waals surface area contributed by atoms with E-state index in [0.717, 1.165) is 18.6 Å². The average molecular weight is 238 g/mol. The lowest BCUT2D eigenvalue weighted by Crippen LogP contribution is -2.36. The highest BCUT2D eigenvalue weighted by Gasteiger charge is 2.44. The fourth-order valence-corrected chi connectivity index (χ4v) is 2.92. The topological polar surface area (TPSA) is 18.5 Å². The number of benzene rings is 2. The van der Waals surface area contributed by atoms with Crippen molar-refractivity contribution in [3.05, 3.63) is 65.2 Å². The molecule has 2 aliphatic heterocycles. The average Bonchev–Trinajstić information content (AvgIpc) is 2.78. The van der Waals surface area contributed by atoms with E-state index in [1.54, 1.807) is 0 Å². The van der Waals surface area contributed by atoms with E-state index in [-0.39, 0.29) is 0 Å². The van der Waals surface area contributed by atoms with Gasteiger partial charge in [0.1, 0.15) is 5.75 Å². The van der Waals surface area contributed by atoms with Crippen LogP contribution in [0.5, 0.6) is 5.75 Å². The number of rotatable bonds is 0. The first kappa shape index (κ1) is 10.2. The minimum absolute atomic E-state index is 0.551. The molecule has 1 atom stereocenters. The van der Waals surface area contributed by atoms with Crippen molar-refractivity contribution in [2.24, 2.45) is 0 Å². The Kier molecular flexibility index (Phi) is 2.03. The van der Waals surface area contributed by atoms with Gasteiger partial charge in [-0.25, -0.2) is 0 Å². The smallest absolute Gasteiger partial charge is 0.238 e. The molecule has 0 radical (unpaired) electrons. The van der Waals surface area contributed by atoms with E-state index in [4.69, 9.17) is 9.47 Å². The van der Waals surface area contributed by atoms with Gasteiger partial charge in [0.05, 0.1) is 6.61 Å². The van der Waals surface area contributed by atoms with Crippen molar-refractivity contribution < 1.29 is 9.47 Å². The molecule has 2 heteroatoms. The van der Waals surface area contributed by atoms with Gasteiger partial charge in [-0.3, -0.25) is 0 Å². The molecule has 4 rings (SSSR count). The van der Waals surface area contributed by atoms with Gasteiger partial charge < -0.3 is 9.47 Å². The summed E-state index contributed by atoms with van der Waals surface area (Å²) in [4.78, 5) is 0. The standard InChI is InChI=1S/C16H14O2/c1-3-7-14-13(6-1)11-17-16(14)10-9-12-5-2-4-8-15(12)18-16/h1-8H,9-11H2. The van der Waals surface area contributed by atoms with E-state index in [0.29, 0.717) is 6.61 Å². The second-order valence-corrected chi connectivity index (χ2v) is 4.91. The maximum Gasteiger partial charge on any atom is 0.238 e. The maximum absolute atomic E-state index is 6.18. The van der Waals surface area contributed by atoms with Gasteiger partial charge in [0.15, 0.2) is 0 Å². The lowest BCUT2D eigenvalue weighted by atomic mass is 9.93. The summed E-state index contributed by atoms with van der Waals surface area (Å²) in [5, 5.41) is 0. The summed E-state index contributed by atoms with van der Waals surface area (Å²) < 4.78 is 12.2. The van der Waals surface area contributed by atoms with Crippen LogP contribution in [0.1, 0.15) is 23.1 Å². The molecule has 0 aliphatic carbocycles. The van der Waals surface area contributed by atoms with Crippen LogP contribution >= 0.6 is 0 Å². The molecule has 0 amide bonds. The van der Waals surface area contributed by atoms with E-state index >= 15 is 0 Å². The molecule has 0 aromatic heterocycles. The third kappa shape index (κ3) is 1.33. The molecule has 0 saturated heterocycles. The van der Waals surface area contributed by atoms with Gasteiger partial charge >= 0.3 is 0 Å². The lowest BCUT2D eigenvalue weighted by Gasteiger charge is -2.35. The summed E-state index contributed by atoms with van der Waals surface area (Å²) in [6.45, 7) is 0.651. The van der Waals surface area contributed by atoms with Crippen molar-refractivity contribution >= 4 is 0 Å². The van der Waals surface area contributed by atoms with E-state index in [1.165, 1.54) is 16.7 Å². The highest BCUT2D eigenvalue weighted by Crippen LogP contribution is 2.45. The summed E-state index contributed by atoms with van der Waals surface area (Å²) in [7, 11) is 0. The number of ether oxygens (including phenoxy) is 2. The monoisotopic (exact) mass is 238 g/mol. The third-order valence-corrected chi connectivity index (χ3v) is 3.86. The highest BCUT2D eigenvalue weighted by molar-refractivity contribution is 5.41. The largest absolute Gasteiger partial charge is 0.458 e. The predicted octanol–water partition coefficient (Wildman–Crippen LogP) is 3.39. The van der Waals surface area contributed by atoms with Crippen molar-refractivity contribution in [2.75, 3.05) is 0 Å². The highest BCUT2D eigenvalue weighted by atomic mass is 16.7. The molecule has 0 saturated carbocycles. The molecule has 2 heterocycles. The molecular weight excluding hydrogens is 224 g/mol. The summed E-state index contributed by atoms with van der Waals surface area (Å²) in [5.41, 5.74) is 3.72. The van der Waals surface area contributed by atoms with Crippen LogP contribution in [0.25, 0.3) is 0 Å². The van der Waals surface area contributed by atoms with Crippen LogP contribution in [0, 0.1) is 0 Å². The summed E-state index contributed by atoms with van der Waals surface area (Å²) >= 11 is 0. The zero-order valence-electron chi connectivity index (χ0n) is 10.1. The van der Waals surface area contributed by atoms with E-state index in [9.17, 15) is 0 Å². The van der Waals surface area contributed by atoms with Gasteiger partial charge in [0, 0.05) is 12.0 Å². The molecule has 18 heavy (non-hydrogen) atoms. The van der Waals surface area contributed by atoms with Gasteiger partial charge in [-0.15, -0.1) is 0 Å². The molecule has 0 fully saturated rings. The van der Waals surface area contributed by atoms with Crippen molar-refractivity contribution in [3.63, 3.8) is 0 Å². The Morgan fingerprint density at radius 3 is 2.61 bits per heavy atom. The first-order chi connectivity index (χ1) is 8.87. The third-order valence-electron chi connectivity index (χ3n) is 3.86. The second kappa shape index (κ2) is 3.59. The molecule has 0 N–H and O–H groups in total. The van der Waals surface area contributed by atoms with Gasteiger partial charge in [-0.2, -0.15) is 0 Å². The van der Waals surface area contributed by atoms with Crippen molar-refractivity contribution in [1.82, 2.24) is 0 Å². The Labute approximate surface area is 106 Å². The fraction of sp³-hybridized carbons (Fsp3) is 0.250. The summed E-state index contributed by atoms with van der Waals surface area (Å²) in [6, 6.07) is 16.6. The zero-order valence-corrected chi connectivity index (χ0v) is 10.1. The lowest BCUT2D eigenvalue weighted by molar-refractivity contribution is -0.193. The summed E-state index contributed by atoms with van der Waals surface area (Å²) in [5.74, 6) is 0.408.